The number of hydrogen-bond acceptors (Lipinski definition) is 3. The fourth-order valence-corrected chi connectivity index (χ4v) is 1.91. The van der Waals surface area contributed by atoms with Crippen LogP contribution in [0, 0.1) is 12.7 Å². The number of nitrogens with zero attached hydrogens (tertiary/aromatic N) is 3. The summed E-state index contributed by atoms with van der Waals surface area (Å²) in [5, 5.41) is 0. The van der Waals surface area contributed by atoms with E-state index >= 15 is 0 Å². The van der Waals surface area contributed by atoms with Crippen molar-refractivity contribution in [2.75, 3.05) is 0 Å². The standard InChI is InChI=1S/C16H12FN3/c1-11-9-10-18-16(19-11)15-4-2-3-14(20-15)12-5-7-13(17)8-6-12/h2-10H,1H3. The van der Waals surface area contributed by atoms with E-state index in [0.29, 0.717) is 11.5 Å². The van der Waals surface area contributed by atoms with E-state index < -0.39 is 0 Å². The number of aromatic nitrogens is 3. The van der Waals surface area contributed by atoms with Gasteiger partial charge in [0.25, 0.3) is 0 Å². The van der Waals surface area contributed by atoms with Gasteiger partial charge in [-0.3, -0.25) is 0 Å². The summed E-state index contributed by atoms with van der Waals surface area (Å²) in [6.45, 7) is 1.91. The summed E-state index contributed by atoms with van der Waals surface area (Å²) in [5.74, 6) is 0.334. The van der Waals surface area contributed by atoms with Crippen LogP contribution in [-0.2, 0) is 0 Å². The lowest BCUT2D eigenvalue weighted by molar-refractivity contribution is 0.628. The largest absolute Gasteiger partial charge is 0.244 e. The predicted molar refractivity (Wildman–Crippen MR) is 75.4 cm³/mol. The van der Waals surface area contributed by atoms with Crippen molar-refractivity contribution in [3.63, 3.8) is 0 Å². The van der Waals surface area contributed by atoms with E-state index in [1.54, 1.807) is 18.3 Å². The number of hydrogen-bond donors (Lipinski definition) is 0. The smallest absolute Gasteiger partial charge is 0.178 e. The lowest BCUT2D eigenvalue weighted by Crippen LogP contribution is -1.94. The Hall–Kier alpha value is -2.62. The van der Waals surface area contributed by atoms with Crippen LogP contribution in [0.5, 0.6) is 0 Å². The topological polar surface area (TPSA) is 38.7 Å². The Bertz CT molecular complexity index is 739. The second kappa shape index (κ2) is 5.17. The van der Waals surface area contributed by atoms with Crippen molar-refractivity contribution in [2.45, 2.75) is 6.92 Å². The minimum Gasteiger partial charge on any atom is -0.244 e. The summed E-state index contributed by atoms with van der Waals surface area (Å²) in [4.78, 5) is 13.1. The number of halogens is 1. The summed E-state index contributed by atoms with van der Waals surface area (Å²) >= 11 is 0. The molecule has 3 rings (SSSR count). The zero-order valence-corrected chi connectivity index (χ0v) is 10.9. The summed E-state index contributed by atoms with van der Waals surface area (Å²) in [6, 6.07) is 13.7. The van der Waals surface area contributed by atoms with Crippen LogP contribution in [0.1, 0.15) is 5.69 Å². The Labute approximate surface area is 116 Å². The maximum absolute atomic E-state index is 13.0. The fourth-order valence-electron chi connectivity index (χ4n) is 1.91. The van der Waals surface area contributed by atoms with Gasteiger partial charge in [0.1, 0.15) is 11.5 Å². The lowest BCUT2D eigenvalue weighted by atomic mass is 10.1. The van der Waals surface area contributed by atoms with E-state index in [2.05, 4.69) is 15.0 Å². The van der Waals surface area contributed by atoms with Gasteiger partial charge in [-0.05, 0) is 49.4 Å². The Kier molecular flexibility index (Phi) is 3.21. The van der Waals surface area contributed by atoms with Crippen molar-refractivity contribution in [2.24, 2.45) is 0 Å². The molecule has 0 saturated heterocycles. The molecule has 0 atom stereocenters. The van der Waals surface area contributed by atoms with Gasteiger partial charge >= 0.3 is 0 Å². The van der Waals surface area contributed by atoms with E-state index in [9.17, 15) is 4.39 Å². The third kappa shape index (κ3) is 2.54. The molecule has 0 aliphatic heterocycles. The van der Waals surface area contributed by atoms with Crippen molar-refractivity contribution in [3.8, 4) is 22.8 Å². The van der Waals surface area contributed by atoms with E-state index in [4.69, 9.17) is 0 Å². The van der Waals surface area contributed by atoms with Gasteiger partial charge < -0.3 is 0 Å². The molecule has 0 saturated carbocycles. The van der Waals surface area contributed by atoms with Crippen LogP contribution in [0.15, 0.2) is 54.7 Å². The zero-order valence-electron chi connectivity index (χ0n) is 10.9. The van der Waals surface area contributed by atoms with Crippen LogP contribution < -0.4 is 0 Å². The minimum atomic E-state index is -0.257. The molecule has 3 aromatic rings. The molecule has 0 aliphatic carbocycles. The highest BCUT2D eigenvalue weighted by atomic mass is 19.1. The first-order valence-corrected chi connectivity index (χ1v) is 6.25. The van der Waals surface area contributed by atoms with Gasteiger partial charge in [0.2, 0.25) is 0 Å². The van der Waals surface area contributed by atoms with Gasteiger partial charge in [-0.25, -0.2) is 19.3 Å². The summed E-state index contributed by atoms with van der Waals surface area (Å²) in [5.41, 5.74) is 3.23. The molecule has 0 spiro atoms. The molecule has 0 aliphatic rings. The molecule has 0 fully saturated rings. The van der Waals surface area contributed by atoms with Gasteiger partial charge in [-0.15, -0.1) is 0 Å². The molecule has 0 amide bonds. The molecular formula is C16H12FN3. The molecule has 4 heteroatoms. The van der Waals surface area contributed by atoms with Crippen LogP contribution >= 0.6 is 0 Å². The van der Waals surface area contributed by atoms with E-state index in [-0.39, 0.29) is 5.82 Å². The van der Waals surface area contributed by atoms with Crippen molar-refractivity contribution in [1.29, 1.82) is 0 Å². The highest BCUT2D eigenvalue weighted by Crippen LogP contribution is 2.20. The number of benzene rings is 1. The average molecular weight is 265 g/mol. The lowest BCUT2D eigenvalue weighted by Gasteiger charge is -2.04. The molecule has 0 unspecified atom stereocenters. The Morgan fingerprint density at radius 2 is 1.60 bits per heavy atom. The van der Waals surface area contributed by atoms with Crippen LogP contribution in [0.2, 0.25) is 0 Å². The van der Waals surface area contributed by atoms with Crippen molar-refractivity contribution < 1.29 is 4.39 Å². The maximum atomic E-state index is 13.0. The first-order valence-electron chi connectivity index (χ1n) is 6.25. The summed E-state index contributed by atoms with van der Waals surface area (Å²) < 4.78 is 13.0. The highest BCUT2D eigenvalue weighted by molar-refractivity contribution is 5.62. The SMILES string of the molecule is Cc1ccnc(-c2cccc(-c3ccc(F)cc3)n2)n1. The first kappa shape index (κ1) is 12.4. The number of aryl methyl sites for hydroxylation is 1. The van der Waals surface area contributed by atoms with Gasteiger partial charge in [0, 0.05) is 17.5 Å². The zero-order chi connectivity index (χ0) is 13.9. The predicted octanol–water partition coefficient (Wildman–Crippen LogP) is 3.65. The monoisotopic (exact) mass is 265 g/mol. The summed E-state index contributed by atoms with van der Waals surface area (Å²) in [7, 11) is 0. The normalized spacial score (nSPS) is 10.5. The first-order chi connectivity index (χ1) is 9.72. The van der Waals surface area contributed by atoms with Crippen molar-refractivity contribution >= 4 is 0 Å². The Balaban J connectivity index is 2.03. The molecule has 3 nitrogen and oxygen atoms in total. The molecule has 0 bridgehead atoms. The van der Waals surface area contributed by atoms with Crippen LogP contribution in [0.4, 0.5) is 4.39 Å². The average Bonchev–Trinajstić information content (AvgIpc) is 2.48. The second-order valence-corrected chi connectivity index (χ2v) is 4.44. The Morgan fingerprint density at radius 1 is 0.850 bits per heavy atom. The third-order valence-electron chi connectivity index (χ3n) is 2.91. The molecule has 98 valence electrons. The minimum absolute atomic E-state index is 0.257. The van der Waals surface area contributed by atoms with Crippen LogP contribution in [0.25, 0.3) is 22.8 Å². The fraction of sp³-hybridized carbons (Fsp3) is 0.0625. The Morgan fingerprint density at radius 3 is 2.35 bits per heavy atom. The van der Waals surface area contributed by atoms with Crippen LogP contribution in [-0.4, -0.2) is 15.0 Å². The molecule has 20 heavy (non-hydrogen) atoms. The third-order valence-corrected chi connectivity index (χ3v) is 2.91. The van der Waals surface area contributed by atoms with E-state index in [1.807, 2.05) is 31.2 Å². The maximum Gasteiger partial charge on any atom is 0.178 e. The molecule has 1 aromatic carbocycles. The molecule has 0 radical (unpaired) electrons. The van der Waals surface area contributed by atoms with Gasteiger partial charge in [-0.1, -0.05) is 6.07 Å². The molecule has 0 N–H and O–H groups in total. The highest BCUT2D eigenvalue weighted by Gasteiger charge is 2.05. The van der Waals surface area contributed by atoms with Crippen molar-refractivity contribution in [3.05, 3.63) is 66.2 Å². The number of rotatable bonds is 2. The number of pyridine rings is 1. The quantitative estimate of drug-likeness (QED) is 0.710. The molecule has 2 aromatic heterocycles. The van der Waals surface area contributed by atoms with Gasteiger partial charge in [0.15, 0.2) is 5.82 Å². The second-order valence-electron chi connectivity index (χ2n) is 4.44. The molecular weight excluding hydrogens is 253 g/mol. The van der Waals surface area contributed by atoms with Gasteiger partial charge in [0.05, 0.1) is 5.69 Å². The summed E-state index contributed by atoms with van der Waals surface area (Å²) in [6.07, 6.45) is 1.71. The molecule has 2 heterocycles. The van der Waals surface area contributed by atoms with Crippen molar-refractivity contribution in [1.82, 2.24) is 15.0 Å². The van der Waals surface area contributed by atoms with Gasteiger partial charge in [-0.2, -0.15) is 0 Å². The van der Waals surface area contributed by atoms with E-state index in [1.165, 1.54) is 12.1 Å². The van der Waals surface area contributed by atoms with E-state index in [0.717, 1.165) is 17.0 Å². The van der Waals surface area contributed by atoms with Crippen LogP contribution in [0.3, 0.4) is 0 Å².